The first-order valence-corrected chi connectivity index (χ1v) is 4.71. The summed E-state index contributed by atoms with van der Waals surface area (Å²) in [6.07, 6.45) is 1.46. The van der Waals surface area contributed by atoms with E-state index in [1.807, 2.05) is 0 Å². The van der Waals surface area contributed by atoms with Crippen molar-refractivity contribution in [3.05, 3.63) is 12.7 Å². The first-order chi connectivity index (χ1) is 6.99. The lowest BCUT2D eigenvalue weighted by Crippen LogP contribution is -2.63. The number of nitrogens with one attached hydrogen (secondary N) is 1. The predicted octanol–water partition coefficient (Wildman–Crippen LogP) is -0.464. The van der Waals surface area contributed by atoms with Crippen molar-refractivity contribution < 1.29 is 14.3 Å². The smallest absolute Gasteiger partial charge is 0.243 e. The van der Waals surface area contributed by atoms with Crippen LogP contribution < -0.4 is 5.32 Å². The summed E-state index contributed by atoms with van der Waals surface area (Å²) in [5.74, 6) is -0.299. The van der Waals surface area contributed by atoms with E-state index in [0.717, 1.165) is 0 Å². The van der Waals surface area contributed by atoms with Gasteiger partial charge in [0.05, 0.1) is 25.2 Å². The molecule has 0 spiro atoms. The molecule has 1 heterocycles. The van der Waals surface area contributed by atoms with Gasteiger partial charge < -0.3 is 15.0 Å². The maximum absolute atomic E-state index is 11.5. The minimum absolute atomic E-state index is 0.0253. The van der Waals surface area contributed by atoms with Crippen molar-refractivity contribution in [2.75, 3.05) is 27.3 Å². The summed E-state index contributed by atoms with van der Waals surface area (Å²) in [7, 11) is 3.37. The summed E-state index contributed by atoms with van der Waals surface area (Å²) < 4.78 is 5.04. The molecule has 0 radical (unpaired) electrons. The molecule has 0 bridgehead atoms. The van der Waals surface area contributed by atoms with E-state index in [-0.39, 0.29) is 18.2 Å². The first kappa shape index (κ1) is 11.7. The van der Waals surface area contributed by atoms with Crippen molar-refractivity contribution in [1.82, 2.24) is 10.2 Å². The van der Waals surface area contributed by atoms with Gasteiger partial charge in [-0.2, -0.15) is 0 Å². The fraction of sp³-hybridized carbons (Fsp3) is 0.600. The Morgan fingerprint density at radius 2 is 2.13 bits per heavy atom. The lowest BCUT2D eigenvalue weighted by Gasteiger charge is -2.41. The van der Waals surface area contributed by atoms with Crippen LogP contribution >= 0.6 is 0 Å². The third kappa shape index (κ3) is 2.79. The van der Waals surface area contributed by atoms with Crippen LogP contribution in [0.1, 0.15) is 6.42 Å². The number of amides is 2. The summed E-state index contributed by atoms with van der Waals surface area (Å²) in [4.78, 5) is 24.2. The normalized spacial score (nSPS) is 17.5. The lowest BCUT2D eigenvalue weighted by molar-refractivity contribution is -0.142. The Hall–Kier alpha value is -1.36. The van der Waals surface area contributed by atoms with Crippen molar-refractivity contribution in [2.45, 2.75) is 12.0 Å². The van der Waals surface area contributed by atoms with E-state index < -0.39 is 5.54 Å². The molecule has 0 atom stereocenters. The van der Waals surface area contributed by atoms with Crippen LogP contribution in [-0.4, -0.2) is 49.6 Å². The minimum Gasteiger partial charge on any atom is -0.376 e. The number of ether oxygens (including phenoxy) is 1. The Morgan fingerprint density at radius 3 is 2.47 bits per heavy atom. The Balaban J connectivity index is 2.57. The molecule has 0 unspecified atom stereocenters. The van der Waals surface area contributed by atoms with Crippen LogP contribution in [0.5, 0.6) is 0 Å². The van der Waals surface area contributed by atoms with E-state index in [1.165, 1.54) is 11.0 Å². The van der Waals surface area contributed by atoms with Crippen LogP contribution in [0, 0.1) is 0 Å². The summed E-state index contributed by atoms with van der Waals surface area (Å²) in [5, 5.41) is 2.74. The van der Waals surface area contributed by atoms with Gasteiger partial charge in [-0.3, -0.25) is 9.59 Å². The van der Waals surface area contributed by atoms with Gasteiger partial charge in [0.25, 0.3) is 0 Å². The molecule has 5 heteroatoms. The van der Waals surface area contributed by atoms with Crippen molar-refractivity contribution in [1.29, 1.82) is 0 Å². The average Bonchev–Trinajstić information content (AvgIpc) is 2.13. The number of carbonyl (C=O) groups excluding carboxylic acids is 2. The minimum atomic E-state index is -0.535. The van der Waals surface area contributed by atoms with Gasteiger partial charge in [0, 0.05) is 14.1 Å². The van der Waals surface area contributed by atoms with Gasteiger partial charge in [0.2, 0.25) is 11.8 Å². The number of carbonyl (C=O) groups is 2. The zero-order chi connectivity index (χ0) is 11.5. The highest BCUT2D eigenvalue weighted by molar-refractivity contribution is 5.88. The van der Waals surface area contributed by atoms with Crippen LogP contribution in [0.2, 0.25) is 0 Å². The zero-order valence-corrected chi connectivity index (χ0v) is 9.08. The fourth-order valence-electron chi connectivity index (χ4n) is 1.33. The quantitative estimate of drug-likeness (QED) is 0.641. The molecule has 1 saturated heterocycles. The monoisotopic (exact) mass is 212 g/mol. The van der Waals surface area contributed by atoms with Gasteiger partial charge in [-0.25, -0.2) is 0 Å². The van der Waals surface area contributed by atoms with E-state index in [9.17, 15) is 9.59 Å². The maximum atomic E-state index is 11.5. The van der Waals surface area contributed by atoms with Gasteiger partial charge >= 0.3 is 0 Å². The second kappa shape index (κ2) is 4.44. The standard InChI is InChI=1S/C10H16N2O3/c1-4-8(13)11-10(6-15-7-10)5-9(14)12(2)3/h4H,1,5-7H2,2-3H3,(H,11,13). The van der Waals surface area contributed by atoms with Crippen LogP contribution in [0.15, 0.2) is 12.7 Å². The molecule has 2 amide bonds. The van der Waals surface area contributed by atoms with Crippen LogP contribution in [-0.2, 0) is 14.3 Å². The van der Waals surface area contributed by atoms with Crippen molar-refractivity contribution in [3.63, 3.8) is 0 Å². The molecule has 0 aliphatic carbocycles. The molecule has 1 N–H and O–H groups in total. The predicted molar refractivity (Wildman–Crippen MR) is 55.2 cm³/mol. The molecule has 0 aromatic carbocycles. The molecule has 0 saturated carbocycles. The van der Waals surface area contributed by atoms with Crippen LogP contribution in [0.25, 0.3) is 0 Å². The Bertz CT molecular complexity index is 282. The molecule has 5 nitrogen and oxygen atoms in total. The second-order valence-electron chi connectivity index (χ2n) is 3.93. The zero-order valence-electron chi connectivity index (χ0n) is 9.08. The lowest BCUT2D eigenvalue weighted by atomic mass is 9.92. The average molecular weight is 212 g/mol. The molecule has 0 aromatic heterocycles. The van der Waals surface area contributed by atoms with Crippen LogP contribution in [0.4, 0.5) is 0 Å². The Kier molecular flexibility index (Phi) is 3.47. The molecular weight excluding hydrogens is 196 g/mol. The number of hydrogen-bond acceptors (Lipinski definition) is 3. The first-order valence-electron chi connectivity index (χ1n) is 4.71. The highest BCUT2D eigenvalue weighted by Crippen LogP contribution is 2.21. The Labute approximate surface area is 89.1 Å². The van der Waals surface area contributed by atoms with Crippen molar-refractivity contribution in [3.8, 4) is 0 Å². The molecule has 1 aliphatic rings. The molecule has 0 aromatic rings. The number of hydrogen-bond donors (Lipinski definition) is 1. The fourth-order valence-corrected chi connectivity index (χ4v) is 1.33. The highest BCUT2D eigenvalue weighted by atomic mass is 16.5. The summed E-state index contributed by atoms with van der Waals surface area (Å²) in [6, 6.07) is 0. The van der Waals surface area contributed by atoms with E-state index in [4.69, 9.17) is 4.74 Å². The molecular formula is C10H16N2O3. The third-order valence-electron chi connectivity index (χ3n) is 2.32. The van der Waals surface area contributed by atoms with E-state index in [1.54, 1.807) is 14.1 Å². The van der Waals surface area contributed by atoms with E-state index in [0.29, 0.717) is 13.2 Å². The number of nitrogens with zero attached hydrogens (tertiary/aromatic N) is 1. The van der Waals surface area contributed by atoms with E-state index in [2.05, 4.69) is 11.9 Å². The molecule has 1 rings (SSSR count). The molecule has 1 aliphatic heterocycles. The molecule has 1 fully saturated rings. The van der Waals surface area contributed by atoms with Crippen LogP contribution in [0.3, 0.4) is 0 Å². The van der Waals surface area contributed by atoms with Gasteiger partial charge in [-0.05, 0) is 6.08 Å². The van der Waals surface area contributed by atoms with E-state index >= 15 is 0 Å². The van der Waals surface area contributed by atoms with Crippen molar-refractivity contribution in [2.24, 2.45) is 0 Å². The van der Waals surface area contributed by atoms with Gasteiger partial charge in [0.1, 0.15) is 0 Å². The molecule has 84 valence electrons. The maximum Gasteiger partial charge on any atom is 0.243 e. The number of rotatable bonds is 4. The summed E-state index contributed by atoms with van der Waals surface area (Å²) in [5.41, 5.74) is -0.535. The van der Waals surface area contributed by atoms with Gasteiger partial charge in [0.15, 0.2) is 0 Å². The topological polar surface area (TPSA) is 58.6 Å². The highest BCUT2D eigenvalue weighted by Gasteiger charge is 2.41. The summed E-state index contributed by atoms with van der Waals surface area (Å²) in [6.45, 7) is 4.13. The third-order valence-corrected chi connectivity index (χ3v) is 2.32. The SMILES string of the molecule is C=CC(=O)NC1(CC(=O)N(C)C)COC1. The Morgan fingerprint density at radius 1 is 1.53 bits per heavy atom. The second-order valence-corrected chi connectivity index (χ2v) is 3.93. The van der Waals surface area contributed by atoms with Gasteiger partial charge in [-0.15, -0.1) is 0 Å². The van der Waals surface area contributed by atoms with Crippen molar-refractivity contribution >= 4 is 11.8 Å². The molecule has 15 heavy (non-hydrogen) atoms. The largest absolute Gasteiger partial charge is 0.376 e. The van der Waals surface area contributed by atoms with Gasteiger partial charge in [-0.1, -0.05) is 6.58 Å². The summed E-state index contributed by atoms with van der Waals surface area (Å²) >= 11 is 0.